The zero-order chi connectivity index (χ0) is 17.3. The second-order valence-corrected chi connectivity index (χ2v) is 9.43. The number of benzene rings is 1. The van der Waals surface area contributed by atoms with E-state index in [9.17, 15) is 8.42 Å². The Kier molecular flexibility index (Phi) is 6.75. The molecular weight excluding hydrogens is 449 g/mol. The topological polar surface area (TPSA) is 70.6 Å². The molecule has 4 unspecified atom stereocenters. The third-order valence-electron chi connectivity index (χ3n) is 5.24. The van der Waals surface area contributed by atoms with Crippen molar-refractivity contribution < 1.29 is 8.42 Å². The number of nitrogens with zero attached hydrogens (tertiary/aromatic N) is 1. The standard InChI is InChI=1S/C18H27N3O2S.HI/c1-12(8-9-24(3,22)23)21-18(19-2)20-11-16-15-10-13-6-4-5-7-14(13)17(15)16;/h4-7,12,15-17H,8-11H2,1-3H3,(H2,19,20,21);1H. The van der Waals surface area contributed by atoms with Crippen molar-refractivity contribution in [3.63, 3.8) is 0 Å². The summed E-state index contributed by atoms with van der Waals surface area (Å²) in [6.45, 7) is 2.91. The lowest BCUT2D eigenvalue weighted by Gasteiger charge is -2.18. The van der Waals surface area contributed by atoms with E-state index in [-0.39, 0.29) is 35.8 Å². The first-order valence-corrected chi connectivity index (χ1v) is 10.7. The van der Waals surface area contributed by atoms with Gasteiger partial charge in [-0.25, -0.2) is 8.42 Å². The maximum atomic E-state index is 11.3. The summed E-state index contributed by atoms with van der Waals surface area (Å²) in [6, 6.07) is 8.84. The zero-order valence-electron chi connectivity index (χ0n) is 15.0. The Labute approximate surface area is 168 Å². The van der Waals surface area contributed by atoms with Gasteiger partial charge in [-0.15, -0.1) is 24.0 Å². The van der Waals surface area contributed by atoms with Crippen LogP contribution in [0.1, 0.15) is 30.4 Å². The third kappa shape index (κ3) is 5.09. The van der Waals surface area contributed by atoms with Crippen LogP contribution in [0.15, 0.2) is 29.3 Å². The number of guanidine groups is 1. The van der Waals surface area contributed by atoms with Crippen LogP contribution in [0.3, 0.4) is 0 Å². The molecule has 0 bridgehead atoms. The normalized spacial score (nSPS) is 25.4. The van der Waals surface area contributed by atoms with Gasteiger partial charge in [0, 0.05) is 25.9 Å². The molecule has 1 aromatic rings. The molecule has 0 aromatic heterocycles. The fourth-order valence-corrected chi connectivity index (χ4v) is 4.65. The number of fused-ring (bicyclic) bond motifs is 3. The molecule has 0 spiro atoms. The number of hydrogen-bond acceptors (Lipinski definition) is 3. The molecule has 0 amide bonds. The lowest BCUT2D eigenvalue weighted by Crippen LogP contribution is -2.43. The molecule has 0 radical (unpaired) electrons. The third-order valence-corrected chi connectivity index (χ3v) is 6.21. The Morgan fingerprint density at radius 3 is 2.76 bits per heavy atom. The molecule has 0 saturated heterocycles. The van der Waals surface area contributed by atoms with E-state index in [2.05, 4.69) is 39.9 Å². The van der Waals surface area contributed by atoms with E-state index in [0.29, 0.717) is 18.3 Å². The predicted octanol–water partition coefficient (Wildman–Crippen LogP) is 2.18. The number of hydrogen-bond donors (Lipinski definition) is 2. The van der Waals surface area contributed by atoms with Gasteiger partial charge in [0.05, 0.1) is 5.75 Å². The van der Waals surface area contributed by atoms with Crippen LogP contribution < -0.4 is 10.6 Å². The molecule has 2 N–H and O–H groups in total. The fraction of sp³-hybridized carbons (Fsp3) is 0.611. The maximum absolute atomic E-state index is 11.3. The van der Waals surface area contributed by atoms with Crippen LogP contribution in [0.25, 0.3) is 0 Å². The van der Waals surface area contributed by atoms with Gasteiger partial charge >= 0.3 is 0 Å². The average molecular weight is 477 g/mol. The van der Waals surface area contributed by atoms with Gasteiger partial charge in [-0.1, -0.05) is 24.3 Å². The molecule has 140 valence electrons. The zero-order valence-corrected chi connectivity index (χ0v) is 18.2. The number of sulfone groups is 1. The van der Waals surface area contributed by atoms with Gasteiger partial charge in [-0.3, -0.25) is 4.99 Å². The highest BCUT2D eigenvalue weighted by molar-refractivity contribution is 14.0. The van der Waals surface area contributed by atoms with Crippen LogP contribution in [0.2, 0.25) is 0 Å². The highest BCUT2D eigenvalue weighted by Gasteiger charge is 2.54. The summed E-state index contributed by atoms with van der Waals surface area (Å²) in [5, 5.41) is 6.69. The van der Waals surface area contributed by atoms with Crippen LogP contribution in [0.5, 0.6) is 0 Å². The maximum Gasteiger partial charge on any atom is 0.191 e. The number of halogens is 1. The minimum absolute atomic E-state index is 0. The highest BCUT2D eigenvalue weighted by atomic mass is 127. The highest BCUT2D eigenvalue weighted by Crippen LogP contribution is 2.60. The molecule has 3 rings (SSSR count). The molecule has 0 heterocycles. The second kappa shape index (κ2) is 8.24. The van der Waals surface area contributed by atoms with Crippen LogP contribution in [0.4, 0.5) is 0 Å². The van der Waals surface area contributed by atoms with E-state index in [0.717, 1.165) is 18.4 Å². The minimum Gasteiger partial charge on any atom is -0.356 e. The van der Waals surface area contributed by atoms with Crippen LogP contribution in [-0.4, -0.2) is 46.0 Å². The Bertz CT molecular complexity index is 736. The largest absolute Gasteiger partial charge is 0.356 e. The first-order valence-electron chi connectivity index (χ1n) is 8.61. The molecule has 2 aliphatic carbocycles. The Morgan fingerprint density at radius 1 is 1.36 bits per heavy atom. The number of aliphatic imine (C=N–C) groups is 1. The van der Waals surface area contributed by atoms with Gasteiger partial charge in [0.15, 0.2) is 5.96 Å². The Morgan fingerprint density at radius 2 is 2.08 bits per heavy atom. The van der Waals surface area contributed by atoms with E-state index in [1.165, 1.54) is 23.8 Å². The predicted molar refractivity (Wildman–Crippen MR) is 114 cm³/mol. The average Bonchev–Trinajstić information content (AvgIpc) is 3.07. The van der Waals surface area contributed by atoms with Gasteiger partial charge in [0.1, 0.15) is 9.84 Å². The molecule has 0 aliphatic heterocycles. The van der Waals surface area contributed by atoms with E-state index in [1.807, 2.05) is 6.92 Å². The van der Waals surface area contributed by atoms with Crippen molar-refractivity contribution in [1.82, 2.24) is 10.6 Å². The summed E-state index contributed by atoms with van der Waals surface area (Å²) < 4.78 is 22.5. The van der Waals surface area contributed by atoms with E-state index < -0.39 is 9.84 Å². The summed E-state index contributed by atoms with van der Waals surface area (Å²) >= 11 is 0. The van der Waals surface area contributed by atoms with Crippen LogP contribution >= 0.6 is 24.0 Å². The lowest BCUT2D eigenvalue weighted by atomic mass is 10.0. The smallest absolute Gasteiger partial charge is 0.191 e. The second-order valence-electron chi connectivity index (χ2n) is 7.17. The lowest BCUT2D eigenvalue weighted by molar-refractivity contribution is 0.578. The molecule has 2 aliphatic rings. The molecule has 5 nitrogen and oxygen atoms in total. The van der Waals surface area contributed by atoms with Gasteiger partial charge in [0.2, 0.25) is 0 Å². The van der Waals surface area contributed by atoms with E-state index in [4.69, 9.17) is 0 Å². The van der Waals surface area contributed by atoms with Gasteiger partial charge < -0.3 is 10.6 Å². The van der Waals surface area contributed by atoms with Gasteiger partial charge in [0.25, 0.3) is 0 Å². The van der Waals surface area contributed by atoms with Crippen molar-refractivity contribution in [3.05, 3.63) is 35.4 Å². The summed E-state index contributed by atoms with van der Waals surface area (Å²) in [6.07, 6.45) is 3.06. The molecule has 7 heteroatoms. The first kappa shape index (κ1) is 20.5. The minimum atomic E-state index is -2.92. The van der Waals surface area contributed by atoms with Crippen molar-refractivity contribution >= 4 is 39.8 Å². The van der Waals surface area contributed by atoms with E-state index in [1.54, 1.807) is 7.05 Å². The van der Waals surface area contributed by atoms with Crippen molar-refractivity contribution in [2.24, 2.45) is 16.8 Å². The summed E-state index contributed by atoms with van der Waals surface area (Å²) in [5.74, 6) is 3.12. The van der Waals surface area contributed by atoms with Crippen molar-refractivity contribution in [2.75, 3.05) is 25.6 Å². The fourth-order valence-electron chi connectivity index (χ4n) is 3.87. The summed E-state index contributed by atoms with van der Waals surface area (Å²) in [7, 11) is -1.16. The molecular formula is C18H28IN3O2S. The van der Waals surface area contributed by atoms with Crippen molar-refractivity contribution in [2.45, 2.75) is 31.7 Å². The van der Waals surface area contributed by atoms with Crippen LogP contribution in [-0.2, 0) is 16.3 Å². The van der Waals surface area contributed by atoms with Gasteiger partial charge in [-0.2, -0.15) is 0 Å². The quantitative estimate of drug-likeness (QED) is 0.375. The summed E-state index contributed by atoms with van der Waals surface area (Å²) in [4.78, 5) is 4.26. The van der Waals surface area contributed by atoms with Crippen molar-refractivity contribution in [1.29, 1.82) is 0 Å². The molecule has 1 aromatic carbocycles. The molecule has 1 fully saturated rings. The van der Waals surface area contributed by atoms with E-state index >= 15 is 0 Å². The molecule has 1 saturated carbocycles. The SMILES string of the molecule is CN=C(NCC1C2Cc3ccccc3C12)NC(C)CCS(C)(=O)=O.I. The van der Waals surface area contributed by atoms with Crippen molar-refractivity contribution in [3.8, 4) is 0 Å². The number of nitrogens with one attached hydrogen (secondary N) is 2. The Balaban J connectivity index is 0.00000225. The molecule has 25 heavy (non-hydrogen) atoms. The monoisotopic (exact) mass is 477 g/mol. The molecule has 4 atom stereocenters. The summed E-state index contributed by atoms with van der Waals surface area (Å²) in [5.41, 5.74) is 3.04. The van der Waals surface area contributed by atoms with Crippen LogP contribution in [0, 0.1) is 11.8 Å². The first-order chi connectivity index (χ1) is 11.4. The van der Waals surface area contributed by atoms with Gasteiger partial charge in [-0.05, 0) is 48.6 Å². The number of rotatable bonds is 6. The Hall–Kier alpha value is -0.830.